The van der Waals surface area contributed by atoms with Crippen LogP contribution in [0.2, 0.25) is 11.6 Å². The smallest absolute Gasteiger partial charge is 0.299 e. The number of hydrogen-bond donors (Lipinski definition) is 0. The fourth-order valence-electron chi connectivity index (χ4n) is 1.27. The van der Waals surface area contributed by atoms with E-state index in [2.05, 4.69) is 23.7 Å². The third-order valence-corrected chi connectivity index (χ3v) is 3.76. The molecule has 0 bridgehead atoms. The molecule has 1 aromatic rings. The predicted molar refractivity (Wildman–Crippen MR) is 49.7 cm³/mol. The Morgan fingerprint density at radius 3 is 2.67 bits per heavy atom. The second kappa shape index (κ2) is 3.01. The van der Waals surface area contributed by atoms with Gasteiger partial charge in [-0.25, -0.2) is 0 Å². The van der Waals surface area contributed by atoms with Crippen molar-refractivity contribution in [2.75, 3.05) is 6.79 Å². The summed E-state index contributed by atoms with van der Waals surface area (Å²) in [5.74, 6) is 6.40. The largest absolute Gasteiger partial charge is 0.454 e. The van der Waals surface area contributed by atoms with Gasteiger partial charge < -0.3 is 9.47 Å². The first-order valence-electron chi connectivity index (χ1n) is 4.17. The first kappa shape index (κ1) is 7.97. The van der Waals surface area contributed by atoms with Crippen LogP contribution in [0.1, 0.15) is 0 Å². The molecule has 0 amide bonds. The molecule has 0 atom stereocenters. The Balaban J connectivity index is 2.39. The summed E-state index contributed by atoms with van der Waals surface area (Å²) in [5.41, 5.74) is 0. The van der Waals surface area contributed by atoms with Crippen LogP contribution in [-0.4, -0.2) is 20.9 Å². The van der Waals surface area contributed by atoms with Crippen molar-refractivity contribution in [3.8, 4) is 11.5 Å². The van der Waals surface area contributed by atoms with E-state index < -0.39 is 14.1 Å². The van der Waals surface area contributed by atoms with E-state index in [1.54, 1.807) is 0 Å². The van der Waals surface area contributed by atoms with Crippen LogP contribution in [0.5, 0.6) is 11.5 Å². The summed E-state index contributed by atoms with van der Waals surface area (Å²) < 4.78 is 11.9. The van der Waals surface area contributed by atoms with Gasteiger partial charge in [-0.1, -0.05) is 6.07 Å². The lowest BCUT2D eigenvalue weighted by molar-refractivity contribution is 0.174. The van der Waals surface area contributed by atoms with Crippen molar-refractivity contribution in [1.29, 1.82) is 0 Å². The molecular weight excluding hydrogens is 167 g/mol. The van der Waals surface area contributed by atoms with Crippen molar-refractivity contribution in [2.45, 2.75) is 11.6 Å². The minimum atomic E-state index is -0.699. The van der Waals surface area contributed by atoms with Crippen LogP contribution >= 0.6 is 0 Å². The van der Waals surface area contributed by atoms with Gasteiger partial charge in [0.15, 0.2) is 11.5 Å². The molecule has 0 aromatic heterocycles. The highest BCUT2D eigenvalue weighted by molar-refractivity contribution is 6.70. The van der Waals surface area contributed by atoms with E-state index in [9.17, 15) is 0 Å². The highest BCUT2D eigenvalue weighted by Gasteiger charge is 2.15. The van der Waals surface area contributed by atoms with Gasteiger partial charge in [0.2, 0.25) is 6.79 Å². The van der Waals surface area contributed by atoms with E-state index in [1.165, 1.54) is 4.43 Å². The van der Waals surface area contributed by atoms with Gasteiger partial charge in [0, 0.05) is 0 Å². The highest BCUT2D eigenvalue weighted by Crippen LogP contribution is 2.29. The van der Waals surface area contributed by atoms with Crippen LogP contribution < -0.4 is 13.9 Å². The second-order valence-electron chi connectivity index (χ2n) is 3.27. The van der Waals surface area contributed by atoms with Crippen molar-refractivity contribution >= 4 is 18.6 Å². The van der Waals surface area contributed by atoms with E-state index in [1.807, 2.05) is 6.07 Å². The molecular formula is C9H11AlO2. The molecule has 0 saturated heterocycles. The molecule has 0 unspecified atom stereocenters. The minimum absolute atomic E-state index is 0.373. The first-order valence-corrected chi connectivity index (χ1v) is 7.05. The molecule has 0 spiro atoms. The number of benzene rings is 1. The van der Waals surface area contributed by atoms with Gasteiger partial charge >= 0.3 is 0 Å². The van der Waals surface area contributed by atoms with Crippen LogP contribution in [0, 0.1) is 0 Å². The molecule has 2 rings (SSSR count). The summed E-state index contributed by atoms with van der Waals surface area (Å²) in [6.45, 7) is 0.373. The molecule has 3 heteroatoms. The maximum atomic E-state index is 5.29. The Morgan fingerprint density at radius 1 is 1.17 bits per heavy atom. The molecule has 1 heterocycles. The van der Waals surface area contributed by atoms with E-state index >= 15 is 0 Å². The van der Waals surface area contributed by atoms with Crippen LogP contribution in [0.4, 0.5) is 0 Å². The van der Waals surface area contributed by atoms with Gasteiger partial charge in [-0.3, -0.25) is 0 Å². The third-order valence-electron chi connectivity index (χ3n) is 2.06. The molecule has 0 saturated carbocycles. The topological polar surface area (TPSA) is 18.5 Å². The van der Waals surface area contributed by atoms with Crippen LogP contribution in [-0.2, 0) is 0 Å². The minimum Gasteiger partial charge on any atom is -0.454 e. The number of hydrogen-bond acceptors (Lipinski definition) is 2. The third kappa shape index (κ3) is 1.31. The molecule has 0 aliphatic carbocycles. The predicted octanol–water partition coefficient (Wildman–Crippen LogP) is 1.38. The Hall–Kier alpha value is -0.648. The van der Waals surface area contributed by atoms with E-state index in [0.29, 0.717) is 6.79 Å². The molecule has 0 fully saturated rings. The average molecular weight is 178 g/mol. The number of fused-ring (bicyclic) bond motifs is 1. The van der Waals surface area contributed by atoms with E-state index in [0.717, 1.165) is 11.5 Å². The lowest BCUT2D eigenvalue weighted by Gasteiger charge is -2.01. The normalized spacial score (nSPS) is 13.2. The fraction of sp³-hybridized carbons (Fsp3) is 0.333. The van der Waals surface area contributed by atoms with Crippen LogP contribution in [0.25, 0.3) is 0 Å². The Morgan fingerprint density at radius 2 is 1.92 bits per heavy atom. The molecule has 1 aromatic carbocycles. The SMILES string of the molecule is [CH3][Al]([CH3])[c]1ccc2c(c1)OCO2. The molecule has 2 nitrogen and oxygen atoms in total. The monoisotopic (exact) mass is 178 g/mol. The van der Waals surface area contributed by atoms with Crippen molar-refractivity contribution in [1.82, 2.24) is 0 Å². The fourth-order valence-corrected chi connectivity index (χ4v) is 2.24. The molecule has 0 radical (unpaired) electrons. The zero-order valence-corrected chi connectivity index (χ0v) is 8.49. The van der Waals surface area contributed by atoms with E-state index in [-0.39, 0.29) is 0 Å². The molecule has 12 heavy (non-hydrogen) atoms. The van der Waals surface area contributed by atoms with Gasteiger partial charge in [0.1, 0.15) is 0 Å². The Kier molecular flexibility index (Phi) is 2.00. The standard InChI is InChI=1S/C7H5O2.2CH3.Al/c1-2-4-7-6(3-1)8-5-9-7;;;/h1,3-4H,5H2;2*1H3;. The van der Waals surface area contributed by atoms with Gasteiger partial charge in [-0.2, -0.15) is 0 Å². The zero-order valence-electron chi connectivity index (χ0n) is 7.33. The lowest BCUT2D eigenvalue weighted by Crippen LogP contribution is -2.21. The summed E-state index contributed by atoms with van der Waals surface area (Å²) in [6.07, 6.45) is 0. The molecule has 1 aliphatic rings. The molecule has 1 aliphatic heterocycles. The van der Waals surface area contributed by atoms with Crippen molar-refractivity contribution in [3.05, 3.63) is 18.2 Å². The van der Waals surface area contributed by atoms with Crippen LogP contribution in [0.15, 0.2) is 18.2 Å². The van der Waals surface area contributed by atoms with Gasteiger partial charge in [-0.15, -0.1) is 16.0 Å². The van der Waals surface area contributed by atoms with Crippen molar-refractivity contribution < 1.29 is 9.47 Å². The number of rotatable bonds is 1. The summed E-state index contributed by atoms with van der Waals surface area (Å²) in [5, 5.41) is 0. The first-order chi connectivity index (χ1) is 5.77. The Bertz CT molecular complexity index is 297. The number of ether oxygens (including phenoxy) is 2. The highest BCUT2D eigenvalue weighted by atomic mass is 27.2. The van der Waals surface area contributed by atoms with Gasteiger partial charge in [-0.05, 0) is 12.1 Å². The van der Waals surface area contributed by atoms with Gasteiger partial charge in [0.05, 0.1) is 0 Å². The van der Waals surface area contributed by atoms with Crippen molar-refractivity contribution in [3.63, 3.8) is 0 Å². The van der Waals surface area contributed by atoms with Crippen LogP contribution in [0.3, 0.4) is 0 Å². The summed E-state index contributed by atoms with van der Waals surface area (Å²) >= 11 is -0.699. The lowest BCUT2D eigenvalue weighted by atomic mass is 10.3. The van der Waals surface area contributed by atoms with E-state index in [4.69, 9.17) is 9.47 Å². The zero-order chi connectivity index (χ0) is 8.55. The molecule has 62 valence electrons. The Labute approximate surface area is 76.5 Å². The van der Waals surface area contributed by atoms with Crippen molar-refractivity contribution in [2.24, 2.45) is 0 Å². The molecule has 0 N–H and O–H groups in total. The maximum absolute atomic E-state index is 5.29. The maximum Gasteiger partial charge on any atom is 0.299 e. The average Bonchev–Trinajstić information content (AvgIpc) is 2.49. The summed E-state index contributed by atoms with van der Waals surface area (Å²) in [7, 11) is 0. The summed E-state index contributed by atoms with van der Waals surface area (Å²) in [6, 6.07) is 6.26. The summed E-state index contributed by atoms with van der Waals surface area (Å²) in [4.78, 5) is 0. The quantitative estimate of drug-likeness (QED) is 0.605. The second-order valence-corrected chi connectivity index (χ2v) is 6.24. The van der Waals surface area contributed by atoms with Gasteiger partial charge in [0.25, 0.3) is 14.1 Å².